The highest BCUT2D eigenvalue weighted by Gasteiger charge is 2.59. The Bertz CT molecular complexity index is 651. The Labute approximate surface area is 135 Å². The first kappa shape index (κ1) is 15.4. The van der Waals surface area contributed by atoms with Crippen molar-refractivity contribution in [3.63, 3.8) is 0 Å². The van der Waals surface area contributed by atoms with Crippen LogP contribution in [0, 0.1) is 23.7 Å². The van der Waals surface area contributed by atoms with Crippen molar-refractivity contribution >= 4 is 11.9 Å². The second-order valence-electron chi connectivity index (χ2n) is 6.27. The lowest BCUT2D eigenvalue weighted by Gasteiger charge is -2.32. The average molecular weight is 313 g/mol. The van der Waals surface area contributed by atoms with Crippen LogP contribution in [-0.4, -0.2) is 41.6 Å². The molecular formula is C18H19NO4. The summed E-state index contributed by atoms with van der Waals surface area (Å²) in [6.45, 7) is 1.45. The fraction of sp³-hybridized carbons (Fsp3) is 0.444. The number of likely N-dealkylation sites (tertiary alicyclic amines) is 1. The summed E-state index contributed by atoms with van der Waals surface area (Å²) in [6, 6.07) is 6.93. The number of hydrogen-bond donors (Lipinski definition) is 1. The molecule has 1 N–H and O–H groups in total. The lowest BCUT2D eigenvalue weighted by Crippen LogP contribution is -2.40. The van der Waals surface area contributed by atoms with E-state index in [-0.39, 0.29) is 23.8 Å². The predicted molar refractivity (Wildman–Crippen MR) is 84.1 cm³/mol. The number of carboxylic acids is 1. The number of hydrogen-bond acceptors (Lipinski definition) is 3. The van der Waals surface area contributed by atoms with Gasteiger partial charge in [-0.25, -0.2) is 0 Å². The van der Waals surface area contributed by atoms with Crippen molar-refractivity contribution in [1.82, 2.24) is 4.90 Å². The second kappa shape index (κ2) is 5.96. The first-order chi connectivity index (χ1) is 11.1. The summed E-state index contributed by atoms with van der Waals surface area (Å²) in [5.74, 6) is 2.09. The van der Waals surface area contributed by atoms with E-state index in [1.807, 2.05) is 0 Å². The van der Waals surface area contributed by atoms with Gasteiger partial charge in [-0.2, -0.15) is 0 Å². The van der Waals surface area contributed by atoms with Crippen LogP contribution in [0.25, 0.3) is 0 Å². The molecule has 3 rings (SSSR count). The van der Waals surface area contributed by atoms with Gasteiger partial charge >= 0.3 is 5.97 Å². The molecule has 5 heteroatoms. The van der Waals surface area contributed by atoms with Gasteiger partial charge in [0.2, 0.25) is 0 Å². The van der Waals surface area contributed by atoms with Gasteiger partial charge in [-0.3, -0.25) is 9.59 Å². The van der Waals surface area contributed by atoms with Crippen LogP contribution in [0.15, 0.2) is 24.3 Å². The van der Waals surface area contributed by atoms with Crippen LogP contribution in [0.2, 0.25) is 0 Å². The quantitative estimate of drug-likeness (QED) is 0.864. The van der Waals surface area contributed by atoms with Crippen molar-refractivity contribution in [2.45, 2.75) is 19.3 Å². The Morgan fingerprint density at radius 1 is 1.30 bits per heavy atom. The molecule has 1 aromatic carbocycles. The first-order valence-electron chi connectivity index (χ1n) is 7.74. The summed E-state index contributed by atoms with van der Waals surface area (Å²) >= 11 is 0. The van der Waals surface area contributed by atoms with Crippen molar-refractivity contribution in [1.29, 1.82) is 0 Å². The Kier molecular flexibility index (Phi) is 3.99. The molecule has 5 nitrogen and oxygen atoms in total. The SMILES string of the molecule is C#CCOc1ccc(C(=O)N2CCC3(CC2)CC3C(=O)O)cc1. The molecule has 2 fully saturated rings. The second-order valence-corrected chi connectivity index (χ2v) is 6.27. The third-order valence-corrected chi connectivity index (χ3v) is 4.96. The fourth-order valence-corrected chi connectivity index (χ4v) is 3.41. The van der Waals surface area contributed by atoms with Crippen LogP contribution in [0.1, 0.15) is 29.6 Å². The number of nitrogens with zero attached hydrogens (tertiary/aromatic N) is 1. The number of carbonyl (C=O) groups is 2. The molecule has 0 bridgehead atoms. The van der Waals surface area contributed by atoms with E-state index in [4.69, 9.17) is 16.3 Å². The van der Waals surface area contributed by atoms with E-state index >= 15 is 0 Å². The molecule has 120 valence electrons. The molecule has 1 aliphatic carbocycles. The molecule has 1 aliphatic heterocycles. The summed E-state index contributed by atoms with van der Waals surface area (Å²) in [5, 5.41) is 9.11. The van der Waals surface area contributed by atoms with Crippen LogP contribution in [0.5, 0.6) is 5.75 Å². The number of piperidine rings is 1. The zero-order valence-electron chi connectivity index (χ0n) is 12.8. The molecule has 1 amide bonds. The Morgan fingerprint density at radius 2 is 1.96 bits per heavy atom. The minimum absolute atomic E-state index is 0.0177. The van der Waals surface area contributed by atoms with E-state index in [0.29, 0.717) is 24.4 Å². The van der Waals surface area contributed by atoms with E-state index in [1.165, 1.54) is 0 Å². The van der Waals surface area contributed by atoms with E-state index < -0.39 is 5.97 Å². The van der Waals surface area contributed by atoms with Crippen LogP contribution in [-0.2, 0) is 4.79 Å². The van der Waals surface area contributed by atoms with E-state index in [2.05, 4.69) is 5.92 Å². The van der Waals surface area contributed by atoms with Crippen molar-refractivity contribution in [2.24, 2.45) is 11.3 Å². The normalized spacial score (nSPS) is 21.5. The molecule has 1 heterocycles. The molecule has 0 radical (unpaired) electrons. The monoisotopic (exact) mass is 313 g/mol. The first-order valence-corrected chi connectivity index (χ1v) is 7.74. The highest BCUT2D eigenvalue weighted by atomic mass is 16.5. The van der Waals surface area contributed by atoms with Crippen molar-refractivity contribution in [3.05, 3.63) is 29.8 Å². The van der Waals surface area contributed by atoms with Gasteiger partial charge in [0, 0.05) is 18.7 Å². The number of carboxylic acid groups (broad SMARTS) is 1. The lowest BCUT2D eigenvalue weighted by atomic mass is 9.90. The Hall–Kier alpha value is -2.48. The lowest BCUT2D eigenvalue weighted by molar-refractivity contribution is -0.139. The summed E-state index contributed by atoms with van der Waals surface area (Å²) in [6.07, 6.45) is 7.44. The largest absolute Gasteiger partial charge is 0.481 e. The highest BCUT2D eigenvalue weighted by molar-refractivity contribution is 5.94. The summed E-state index contributed by atoms with van der Waals surface area (Å²) in [7, 11) is 0. The number of ether oxygens (including phenoxy) is 1. The smallest absolute Gasteiger partial charge is 0.307 e. The van der Waals surface area contributed by atoms with Crippen LogP contribution in [0.4, 0.5) is 0 Å². The summed E-state index contributed by atoms with van der Waals surface area (Å²) in [5.41, 5.74) is 0.551. The maximum atomic E-state index is 12.5. The predicted octanol–water partition coefficient (Wildman–Crippen LogP) is 2.03. The number of aliphatic carboxylic acids is 1. The molecule has 1 saturated carbocycles. The van der Waals surface area contributed by atoms with Gasteiger partial charge in [0.25, 0.3) is 5.91 Å². The molecule has 1 aromatic rings. The van der Waals surface area contributed by atoms with E-state index in [9.17, 15) is 9.59 Å². The minimum atomic E-state index is -0.702. The van der Waals surface area contributed by atoms with E-state index in [0.717, 1.165) is 19.3 Å². The van der Waals surface area contributed by atoms with Gasteiger partial charge in [0.15, 0.2) is 0 Å². The molecular weight excluding hydrogens is 294 g/mol. The zero-order valence-corrected chi connectivity index (χ0v) is 12.8. The highest BCUT2D eigenvalue weighted by Crippen LogP contribution is 2.59. The standard InChI is InChI=1S/C18H19NO4/c1-2-11-23-14-5-3-13(4-6-14)16(20)19-9-7-18(8-10-19)12-15(18)17(21)22/h1,3-6,15H,7-12H2,(H,21,22). The Morgan fingerprint density at radius 3 is 2.48 bits per heavy atom. The topological polar surface area (TPSA) is 66.8 Å². The molecule has 1 saturated heterocycles. The minimum Gasteiger partial charge on any atom is -0.481 e. The molecule has 23 heavy (non-hydrogen) atoms. The average Bonchev–Trinajstić information content (AvgIpc) is 3.27. The zero-order chi connectivity index (χ0) is 16.4. The van der Waals surface area contributed by atoms with Crippen molar-refractivity contribution in [2.75, 3.05) is 19.7 Å². The van der Waals surface area contributed by atoms with Gasteiger partial charge in [-0.15, -0.1) is 6.42 Å². The van der Waals surface area contributed by atoms with Crippen LogP contribution < -0.4 is 4.74 Å². The molecule has 1 unspecified atom stereocenters. The third kappa shape index (κ3) is 3.02. The third-order valence-electron chi connectivity index (χ3n) is 4.96. The molecule has 0 aromatic heterocycles. The van der Waals surface area contributed by atoms with Crippen LogP contribution in [0.3, 0.4) is 0 Å². The molecule has 2 aliphatic rings. The van der Waals surface area contributed by atoms with Gasteiger partial charge in [-0.1, -0.05) is 5.92 Å². The summed E-state index contributed by atoms with van der Waals surface area (Å²) in [4.78, 5) is 25.4. The van der Waals surface area contributed by atoms with Gasteiger partial charge in [0.1, 0.15) is 12.4 Å². The van der Waals surface area contributed by atoms with E-state index in [1.54, 1.807) is 29.2 Å². The van der Waals surface area contributed by atoms with Crippen molar-refractivity contribution in [3.8, 4) is 18.1 Å². The van der Waals surface area contributed by atoms with Crippen molar-refractivity contribution < 1.29 is 19.4 Å². The number of benzene rings is 1. The molecule has 1 atom stereocenters. The number of terminal acetylenes is 1. The maximum Gasteiger partial charge on any atom is 0.307 e. The van der Waals surface area contributed by atoms with Gasteiger partial charge in [0.05, 0.1) is 5.92 Å². The number of rotatable bonds is 4. The molecule has 1 spiro atoms. The maximum absolute atomic E-state index is 12.5. The summed E-state index contributed by atoms with van der Waals surface area (Å²) < 4.78 is 5.29. The Balaban J connectivity index is 1.57. The number of carbonyl (C=O) groups excluding carboxylic acids is 1. The fourth-order valence-electron chi connectivity index (χ4n) is 3.41. The van der Waals surface area contributed by atoms with Crippen LogP contribution >= 0.6 is 0 Å². The number of amides is 1. The van der Waals surface area contributed by atoms with Gasteiger partial charge < -0.3 is 14.7 Å². The van der Waals surface area contributed by atoms with Gasteiger partial charge in [-0.05, 0) is 48.9 Å².